The van der Waals surface area contributed by atoms with Gasteiger partial charge >= 0.3 is 0 Å². The predicted molar refractivity (Wildman–Crippen MR) is 128 cm³/mol. The lowest BCUT2D eigenvalue weighted by atomic mass is 10.0. The SMILES string of the molecule is CCn1nccc1Nc1ccnc2ccc(-c3ccc(S(=O)(=O)N4CCOCC4)cc3)cc12. The van der Waals surface area contributed by atoms with Gasteiger partial charge in [0.05, 0.1) is 35.5 Å². The van der Waals surface area contributed by atoms with E-state index in [2.05, 4.69) is 21.5 Å². The number of nitrogens with one attached hydrogen (secondary N) is 1. The number of hydrogen-bond donors (Lipinski definition) is 1. The fraction of sp³-hybridized carbons (Fsp3) is 0.250. The molecule has 2 aromatic heterocycles. The summed E-state index contributed by atoms with van der Waals surface area (Å²) in [7, 11) is -3.51. The van der Waals surface area contributed by atoms with E-state index in [1.807, 2.05) is 48.0 Å². The largest absolute Gasteiger partial charge is 0.379 e. The van der Waals surface area contributed by atoms with Crippen LogP contribution in [0.15, 0.2) is 71.9 Å². The molecule has 0 amide bonds. The summed E-state index contributed by atoms with van der Waals surface area (Å²) < 4.78 is 34.5. The van der Waals surface area contributed by atoms with Crippen LogP contribution in [0.2, 0.25) is 0 Å². The summed E-state index contributed by atoms with van der Waals surface area (Å²) in [6.07, 6.45) is 3.55. The zero-order valence-electron chi connectivity index (χ0n) is 18.3. The minimum atomic E-state index is -3.51. The van der Waals surface area contributed by atoms with Crippen molar-refractivity contribution in [1.82, 2.24) is 19.1 Å². The number of anilines is 2. The number of benzene rings is 2. The molecule has 0 spiro atoms. The second kappa shape index (κ2) is 8.93. The summed E-state index contributed by atoms with van der Waals surface area (Å²) in [5.41, 5.74) is 3.73. The van der Waals surface area contributed by atoms with E-state index in [0.717, 1.165) is 40.1 Å². The maximum absolute atomic E-state index is 12.9. The molecule has 33 heavy (non-hydrogen) atoms. The van der Waals surface area contributed by atoms with Crippen molar-refractivity contribution < 1.29 is 13.2 Å². The average molecular weight is 464 g/mol. The number of rotatable bonds is 6. The first-order chi connectivity index (χ1) is 16.1. The van der Waals surface area contributed by atoms with Gasteiger partial charge in [0, 0.05) is 37.3 Å². The van der Waals surface area contributed by atoms with Gasteiger partial charge in [-0.25, -0.2) is 13.1 Å². The van der Waals surface area contributed by atoms with Crippen molar-refractivity contribution in [3.63, 3.8) is 0 Å². The van der Waals surface area contributed by atoms with E-state index in [-0.39, 0.29) is 0 Å². The molecular weight excluding hydrogens is 438 g/mol. The Morgan fingerprint density at radius 2 is 1.73 bits per heavy atom. The van der Waals surface area contributed by atoms with Crippen molar-refractivity contribution >= 4 is 32.4 Å². The first-order valence-electron chi connectivity index (χ1n) is 10.9. The van der Waals surface area contributed by atoms with Gasteiger partial charge in [-0.1, -0.05) is 18.2 Å². The number of ether oxygens (including phenoxy) is 1. The summed E-state index contributed by atoms with van der Waals surface area (Å²) in [6.45, 7) is 4.44. The smallest absolute Gasteiger partial charge is 0.243 e. The molecule has 1 N–H and O–H groups in total. The van der Waals surface area contributed by atoms with Crippen molar-refractivity contribution in [2.75, 3.05) is 31.6 Å². The van der Waals surface area contributed by atoms with E-state index in [0.29, 0.717) is 31.2 Å². The van der Waals surface area contributed by atoms with E-state index in [1.54, 1.807) is 24.5 Å². The van der Waals surface area contributed by atoms with Crippen molar-refractivity contribution in [2.24, 2.45) is 0 Å². The predicted octanol–water partition coefficient (Wildman–Crippen LogP) is 3.88. The van der Waals surface area contributed by atoms with Crippen LogP contribution in [0.4, 0.5) is 11.5 Å². The minimum Gasteiger partial charge on any atom is -0.379 e. The molecule has 0 saturated carbocycles. The first-order valence-corrected chi connectivity index (χ1v) is 12.4. The molecular formula is C24H25N5O3S. The highest BCUT2D eigenvalue weighted by Gasteiger charge is 2.26. The summed E-state index contributed by atoms with van der Waals surface area (Å²) in [5, 5.41) is 8.75. The van der Waals surface area contributed by atoms with Crippen molar-refractivity contribution in [3.8, 4) is 11.1 Å². The minimum absolute atomic E-state index is 0.297. The summed E-state index contributed by atoms with van der Waals surface area (Å²) >= 11 is 0. The van der Waals surface area contributed by atoms with Gasteiger partial charge in [-0.05, 0) is 48.4 Å². The fourth-order valence-electron chi connectivity index (χ4n) is 4.02. The van der Waals surface area contributed by atoms with Gasteiger partial charge in [0.2, 0.25) is 10.0 Å². The first kappa shape index (κ1) is 21.6. The molecule has 2 aromatic carbocycles. The summed E-state index contributed by atoms with van der Waals surface area (Å²) in [4.78, 5) is 4.79. The van der Waals surface area contributed by atoms with Crippen LogP contribution in [0.5, 0.6) is 0 Å². The molecule has 4 aromatic rings. The van der Waals surface area contributed by atoms with Crippen LogP contribution in [0.25, 0.3) is 22.0 Å². The standard InChI is InChI=1S/C24H25N5O3S/c1-2-29-24(10-12-26-29)27-23-9-11-25-22-8-5-19(17-21(22)23)18-3-6-20(7-4-18)33(30,31)28-13-15-32-16-14-28/h3-12,17H,2,13-16H2,1H3,(H,25,27). The van der Waals surface area contributed by atoms with Crippen LogP contribution >= 0.6 is 0 Å². The molecule has 1 aliphatic rings. The van der Waals surface area contributed by atoms with Crippen molar-refractivity contribution in [2.45, 2.75) is 18.4 Å². The van der Waals surface area contributed by atoms with Gasteiger partial charge < -0.3 is 10.1 Å². The lowest BCUT2D eigenvalue weighted by molar-refractivity contribution is 0.0730. The van der Waals surface area contributed by atoms with Crippen LogP contribution in [0.1, 0.15) is 6.92 Å². The number of sulfonamides is 1. The molecule has 1 saturated heterocycles. The number of aryl methyl sites for hydroxylation is 1. The highest BCUT2D eigenvalue weighted by Crippen LogP contribution is 2.30. The highest BCUT2D eigenvalue weighted by molar-refractivity contribution is 7.89. The molecule has 1 fully saturated rings. The lowest BCUT2D eigenvalue weighted by Crippen LogP contribution is -2.40. The second-order valence-corrected chi connectivity index (χ2v) is 9.73. The third kappa shape index (κ3) is 4.22. The molecule has 0 unspecified atom stereocenters. The van der Waals surface area contributed by atoms with E-state index in [1.165, 1.54) is 4.31 Å². The van der Waals surface area contributed by atoms with Gasteiger partial charge in [0.1, 0.15) is 5.82 Å². The zero-order valence-corrected chi connectivity index (χ0v) is 19.1. The Kier molecular flexibility index (Phi) is 5.84. The molecule has 0 radical (unpaired) electrons. The van der Waals surface area contributed by atoms with Gasteiger partial charge in [-0.3, -0.25) is 4.98 Å². The molecule has 3 heterocycles. The Balaban J connectivity index is 1.46. The average Bonchev–Trinajstić information content (AvgIpc) is 3.32. The van der Waals surface area contributed by atoms with Crippen molar-refractivity contribution in [1.29, 1.82) is 0 Å². The Morgan fingerprint density at radius 1 is 0.970 bits per heavy atom. The van der Waals surface area contributed by atoms with E-state index in [4.69, 9.17) is 4.74 Å². The quantitative estimate of drug-likeness (QED) is 0.467. The normalized spacial score (nSPS) is 15.1. The Morgan fingerprint density at radius 3 is 2.48 bits per heavy atom. The van der Waals surface area contributed by atoms with Crippen LogP contribution in [0, 0.1) is 0 Å². The Hall–Kier alpha value is -3.27. The van der Waals surface area contributed by atoms with Gasteiger partial charge in [-0.15, -0.1) is 0 Å². The third-order valence-electron chi connectivity index (χ3n) is 5.82. The maximum Gasteiger partial charge on any atom is 0.243 e. The topological polar surface area (TPSA) is 89.3 Å². The molecule has 0 aliphatic carbocycles. The summed E-state index contributed by atoms with van der Waals surface area (Å²) in [6, 6.07) is 17.0. The van der Waals surface area contributed by atoms with Gasteiger partial charge in [-0.2, -0.15) is 9.40 Å². The number of aromatic nitrogens is 3. The second-order valence-electron chi connectivity index (χ2n) is 7.79. The van der Waals surface area contributed by atoms with Crippen molar-refractivity contribution in [3.05, 3.63) is 67.0 Å². The molecule has 0 bridgehead atoms. The zero-order chi connectivity index (χ0) is 22.8. The molecule has 0 atom stereocenters. The molecule has 170 valence electrons. The number of pyridine rings is 1. The third-order valence-corrected chi connectivity index (χ3v) is 7.73. The Bertz CT molecular complexity index is 1380. The molecule has 8 nitrogen and oxygen atoms in total. The summed E-state index contributed by atoms with van der Waals surface area (Å²) in [5.74, 6) is 0.910. The fourth-order valence-corrected chi connectivity index (χ4v) is 5.43. The molecule has 9 heteroatoms. The molecule has 1 aliphatic heterocycles. The molecule has 5 rings (SSSR count). The van der Waals surface area contributed by atoms with Crippen LogP contribution in [0.3, 0.4) is 0 Å². The lowest BCUT2D eigenvalue weighted by Gasteiger charge is -2.26. The van der Waals surface area contributed by atoms with Crippen LogP contribution in [-0.4, -0.2) is 53.8 Å². The van der Waals surface area contributed by atoms with Gasteiger partial charge in [0.15, 0.2) is 0 Å². The number of hydrogen-bond acceptors (Lipinski definition) is 6. The van der Waals surface area contributed by atoms with E-state index >= 15 is 0 Å². The number of morpholine rings is 1. The van der Waals surface area contributed by atoms with Gasteiger partial charge in [0.25, 0.3) is 0 Å². The number of fused-ring (bicyclic) bond motifs is 1. The van der Waals surface area contributed by atoms with Crippen LogP contribution in [-0.2, 0) is 21.3 Å². The Labute approximate surface area is 192 Å². The van der Waals surface area contributed by atoms with E-state index in [9.17, 15) is 8.42 Å². The van der Waals surface area contributed by atoms with E-state index < -0.39 is 10.0 Å². The monoisotopic (exact) mass is 463 g/mol. The number of nitrogens with zero attached hydrogens (tertiary/aromatic N) is 4. The van der Waals surface area contributed by atoms with Crippen LogP contribution < -0.4 is 5.32 Å². The maximum atomic E-state index is 12.9. The highest BCUT2D eigenvalue weighted by atomic mass is 32.2.